The van der Waals surface area contributed by atoms with Crippen LogP contribution in [0.4, 0.5) is 13.2 Å². The van der Waals surface area contributed by atoms with Crippen molar-refractivity contribution in [2.45, 2.75) is 97.6 Å². The molecule has 0 aliphatic carbocycles. The predicted molar refractivity (Wildman–Crippen MR) is 94.4 cm³/mol. The summed E-state index contributed by atoms with van der Waals surface area (Å²) in [4.78, 5) is 0. The highest BCUT2D eigenvalue weighted by atomic mass is 19.4. The van der Waals surface area contributed by atoms with Gasteiger partial charge in [-0.05, 0) is 33.1 Å². The second kappa shape index (κ2) is 13.8. The Bertz CT molecular complexity index is 292. The van der Waals surface area contributed by atoms with Crippen LogP contribution < -0.4 is 0 Å². The van der Waals surface area contributed by atoms with Crippen LogP contribution in [0.2, 0.25) is 0 Å². The molecule has 0 aromatic rings. The largest absolute Gasteiger partial charge is 0.389 e. The molecule has 0 saturated heterocycles. The quantitative estimate of drug-likeness (QED) is 0.230. The Balaban J connectivity index is 4.85. The molecule has 1 atom stereocenters. The van der Waals surface area contributed by atoms with E-state index in [2.05, 4.69) is 6.92 Å². The third-order valence-electron chi connectivity index (χ3n) is 4.18. The van der Waals surface area contributed by atoms with Gasteiger partial charge in [-0.25, -0.2) is 0 Å². The molecule has 152 valence electrons. The lowest BCUT2D eigenvalue weighted by molar-refractivity contribution is -0.384. The summed E-state index contributed by atoms with van der Waals surface area (Å²) < 4.78 is 55.1. The first-order valence-electron chi connectivity index (χ1n) is 9.81. The van der Waals surface area contributed by atoms with E-state index in [0.717, 1.165) is 32.1 Å². The van der Waals surface area contributed by atoms with Gasteiger partial charge in [0.25, 0.3) is 5.97 Å². The normalized spacial score (nSPS) is 14.0. The maximum atomic E-state index is 12.7. The third kappa shape index (κ3) is 12.6. The maximum absolute atomic E-state index is 12.7. The molecule has 0 aromatic carbocycles. The van der Waals surface area contributed by atoms with E-state index in [1.54, 1.807) is 0 Å². The summed E-state index contributed by atoms with van der Waals surface area (Å²) in [6.45, 7) is 8.83. The molecule has 0 spiro atoms. The van der Waals surface area contributed by atoms with Crippen molar-refractivity contribution in [2.24, 2.45) is 5.92 Å². The van der Waals surface area contributed by atoms with Crippen LogP contribution >= 0.6 is 0 Å². The molecule has 3 nitrogen and oxygen atoms in total. The van der Waals surface area contributed by atoms with Crippen molar-refractivity contribution in [3.05, 3.63) is 0 Å². The Morgan fingerprint density at radius 3 is 1.68 bits per heavy atom. The Morgan fingerprint density at radius 1 is 0.720 bits per heavy atom. The molecular weight excluding hydrogens is 333 g/mol. The lowest BCUT2D eigenvalue weighted by atomic mass is 9.91. The summed E-state index contributed by atoms with van der Waals surface area (Å²) in [5.41, 5.74) is 0. The fourth-order valence-electron chi connectivity index (χ4n) is 3.07. The zero-order valence-electron chi connectivity index (χ0n) is 16.4. The molecule has 0 saturated carbocycles. The predicted octanol–water partition coefficient (Wildman–Crippen LogP) is 6.46. The van der Waals surface area contributed by atoms with Crippen LogP contribution in [0.25, 0.3) is 0 Å². The van der Waals surface area contributed by atoms with Crippen molar-refractivity contribution in [1.82, 2.24) is 0 Å². The Hall–Kier alpha value is -0.330. The van der Waals surface area contributed by atoms with Gasteiger partial charge in [-0.2, -0.15) is 13.2 Å². The first-order valence-corrected chi connectivity index (χ1v) is 9.81. The molecule has 0 aromatic heterocycles. The zero-order valence-corrected chi connectivity index (χ0v) is 16.4. The van der Waals surface area contributed by atoms with Gasteiger partial charge in [0.05, 0.1) is 0 Å². The minimum atomic E-state index is -4.13. The first kappa shape index (κ1) is 24.7. The van der Waals surface area contributed by atoms with E-state index >= 15 is 0 Å². The van der Waals surface area contributed by atoms with Crippen LogP contribution in [0.15, 0.2) is 0 Å². The Labute approximate surface area is 151 Å². The molecule has 0 aliphatic rings. The number of halogens is 3. The van der Waals surface area contributed by atoms with E-state index in [0.29, 0.717) is 26.2 Å². The lowest BCUT2D eigenvalue weighted by Crippen LogP contribution is -2.41. The Morgan fingerprint density at radius 2 is 1.24 bits per heavy atom. The van der Waals surface area contributed by atoms with Crippen LogP contribution in [-0.4, -0.2) is 32.0 Å². The fourth-order valence-corrected chi connectivity index (χ4v) is 3.07. The highest BCUT2D eigenvalue weighted by Gasteiger charge is 2.37. The van der Waals surface area contributed by atoms with Crippen molar-refractivity contribution < 1.29 is 27.4 Å². The van der Waals surface area contributed by atoms with Gasteiger partial charge in [0.2, 0.25) is 0 Å². The number of ether oxygens (including phenoxy) is 3. The number of rotatable bonds is 16. The summed E-state index contributed by atoms with van der Waals surface area (Å²) in [5.74, 6) is -1.36. The molecule has 0 rings (SSSR count). The van der Waals surface area contributed by atoms with Gasteiger partial charge in [0.15, 0.2) is 0 Å². The molecule has 0 fully saturated rings. The van der Waals surface area contributed by atoms with Crippen LogP contribution in [-0.2, 0) is 14.2 Å². The lowest BCUT2D eigenvalue weighted by Gasteiger charge is -2.35. The number of hydrogen-bond donors (Lipinski definition) is 0. The third-order valence-corrected chi connectivity index (χ3v) is 4.18. The molecule has 1 unspecified atom stereocenters. The molecular formula is C19H37F3O3. The summed E-state index contributed by atoms with van der Waals surface area (Å²) in [7, 11) is 0. The summed E-state index contributed by atoms with van der Waals surface area (Å²) in [5, 5.41) is 0. The monoisotopic (exact) mass is 370 g/mol. The topological polar surface area (TPSA) is 27.7 Å². The molecule has 0 bridgehead atoms. The van der Waals surface area contributed by atoms with Gasteiger partial charge >= 0.3 is 6.18 Å². The highest BCUT2D eigenvalue weighted by molar-refractivity contribution is 4.70. The second-order valence-electron chi connectivity index (χ2n) is 6.41. The SMILES string of the molecule is CCCCCCCC(CCC(F)(F)F)CC(OCC)(OCC)OCC. The van der Waals surface area contributed by atoms with Gasteiger partial charge < -0.3 is 14.2 Å². The van der Waals surface area contributed by atoms with Crippen LogP contribution in [0, 0.1) is 5.92 Å². The minimum Gasteiger partial charge on any atom is -0.328 e. The summed E-state index contributed by atoms with van der Waals surface area (Å²) in [6.07, 6.45) is 1.72. The average Bonchev–Trinajstić information content (AvgIpc) is 2.52. The minimum absolute atomic E-state index is 0.0895. The van der Waals surface area contributed by atoms with Crippen molar-refractivity contribution in [2.75, 3.05) is 19.8 Å². The van der Waals surface area contributed by atoms with E-state index in [1.165, 1.54) is 6.42 Å². The summed E-state index contributed by atoms with van der Waals surface area (Å²) in [6, 6.07) is 0. The number of hydrogen-bond acceptors (Lipinski definition) is 3. The fraction of sp³-hybridized carbons (Fsp3) is 1.00. The second-order valence-corrected chi connectivity index (χ2v) is 6.41. The molecule has 0 aliphatic heterocycles. The van der Waals surface area contributed by atoms with Gasteiger partial charge in [-0.1, -0.05) is 45.4 Å². The van der Waals surface area contributed by atoms with E-state index in [1.807, 2.05) is 20.8 Å². The molecule has 25 heavy (non-hydrogen) atoms. The number of unbranched alkanes of at least 4 members (excludes halogenated alkanes) is 4. The van der Waals surface area contributed by atoms with Crippen molar-refractivity contribution >= 4 is 0 Å². The van der Waals surface area contributed by atoms with Gasteiger partial charge in [0, 0.05) is 32.7 Å². The van der Waals surface area contributed by atoms with E-state index in [4.69, 9.17) is 14.2 Å². The molecule has 0 amide bonds. The summed E-state index contributed by atoms with van der Waals surface area (Å²) >= 11 is 0. The van der Waals surface area contributed by atoms with Crippen LogP contribution in [0.5, 0.6) is 0 Å². The molecule has 0 radical (unpaired) electrons. The van der Waals surface area contributed by atoms with E-state index in [9.17, 15) is 13.2 Å². The van der Waals surface area contributed by atoms with Gasteiger partial charge in [0.1, 0.15) is 0 Å². The standard InChI is InChI=1S/C19H37F3O3/c1-5-9-10-11-12-13-17(14-15-18(20,21)22)16-19(23-6-2,24-7-3)25-8-4/h17H,5-16H2,1-4H3. The van der Waals surface area contributed by atoms with Crippen molar-refractivity contribution in [3.63, 3.8) is 0 Å². The number of alkyl halides is 3. The molecule has 6 heteroatoms. The smallest absolute Gasteiger partial charge is 0.328 e. The zero-order chi connectivity index (χ0) is 19.2. The maximum Gasteiger partial charge on any atom is 0.389 e. The Kier molecular flexibility index (Phi) is 13.6. The van der Waals surface area contributed by atoms with Crippen LogP contribution in [0.3, 0.4) is 0 Å². The molecule has 0 N–H and O–H groups in total. The van der Waals surface area contributed by atoms with Gasteiger partial charge in [-0.3, -0.25) is 0 Å². The van der Waals surface area contributed by atoms with Gasteiger partial charge in [-0.15, -0.1) is 0 Å². The molecule has 0 heterocycles. The van der Waals surface area contributed by atoms with Crippen molar-refractivity contribution in [1.29, 1.82) is 0 Å². The van der Waals surface area contributed by atoms with Crippen LogP contribution in [0.1, 0.15) is 85.5 Å². The van der Waals surface area contributed by atoms with E-state index < -0.39 is 18.6 Å². The first-order chi connectivity index (χ1) is 11.8. The van der Waals surface area contributed by atoms with E-state index in [-0.39, 0.29) is 12.3 Å². The average molecular weight is 370 g/mol. The van der Waals surface area contributed by atoms with Crippen molar-refractivity contribution in [3.8, 4) is 0 Å². The highest BCUT2D eigenvalue weighted by Crippen LogP contribution is 2.34.